The van der Waals surface area contributed by atoms with E-state index < -0.39 is 17.5 Å². The molecular formula is C40H49FN8O2. The molecule has 1 atom stereocenters. The average Bonchev–Trinajstić information content (AvgIpc) is 3.63. The highest BCUT2D eigenvalue weighted by atomic mass is 19.1. The summed E-state index contributed by atoms with van der Waals surface area (Å²) in [7, 11) is 0. The van der Waals surface area contributed by atoms with Gasteiger partial charge in [-0.25, -0.2) is 14.4 Å². The summed E-state index contributed by atoms with van der Waals surface area (Å²) in [5, 5.41) is 13.6. The zero-order chi connectivity index (χ0) is 35.1. The zero-order valence-electron chi connectivity index (χ0n) is 30.0. The van der Waals surface area contributed by atoms with E-state index in [1.54, 1.807) is 12.3 Å². The summed E-state index contributed by atoms with van der Waals surface area (Å²) >= 11 is 0. The molecule has 3 aliphatic heterocycles. The van der Waals surface area contributed by atoms with Crippen LogP contribution >= 0.6 is 0 Å². The molecule has 2 aliphatic carbocycles. The molecule has 5 aliphatic rings. The first-order valence-electron chi connectivity index (χ1n) is 19.0. The summed E-state index contributed by atoms with van der Waals surface area (Å²) in [6.45, 7) is 9.73. The van der Waals surface area contributed by atoms with Crippen LogP contribution in [0.5, 0.6) is 0 Å². The summed E-state index contributed by atoms with van der Waals surface area (Å²) in [6, 6.07) is 10.8. The third-order valence-corrected chi connectivity index (χ3v) is 13.1. The lowest BCUT2D eigenvalue weighted by Crippen LogP contribution is -2.60. The van der Waals surface area contributed by atoms with E-state index >= 15 is 0 Å². The van der Waals surface area contributed by atoms with Gasteiger partial charge in [0.05, 0.1) is 34.8 Å². The minimum atomic E-state index is -0.593. The Balaban J connectivity index is 1.08. The molecule has 6 heterocycles. The number of piperidine rings is 2. The van der Waals surface area contributed by atoms with Crippen LogP contribution in [-0.4, -0.2) is 84.8 Å². The molecule has 1 amide bonds. The second-order valence-corrected chi connectivity index (χ2v) is 16.3. The number of nitrogens with zero attached hydrogens (tertiary/aromatic N) is 7. The lowest BCUT2D eigenvalue weighted by molar-refractivity contribution is -0.127. The van der Waals surface area contributed by atoms with E-state index in [1.165, 1.54) is 51.4 Å². The average molecular weight is 693 g/mol. The molecule has 2 spiro atoms. The van der Waals surface area contributed by atoms with E-state index in [4.69, 9.17) is 9.97 Å². The lowest BCUT2D eigenvalue weighted by atomic mass is 9.63. The van der Waals surface area contributed by atoms with Crippen LogP contribution in [-0.2, 0) is 10.2 Å². The Morgan fingerprint density at radius 1 is 0.980 bits per heavy atom. The van der Waals surface area contributed by atoms with Crippen molar-refractivity contribution in [3.63, 3.8) is 0 Å². The number of hydrogen-bond acceptors (Lipinski definition) is 8. The van der Waals surface area contributed by atoms with Crippen LogP contribution in [0.2, 0.25) is 0 Å². The Labute approximate surface area is 299 Å². The Hall–Kier alpha value is -3.93. The van der Waals surface area contributed by atoms with Gasteiger partial charge in [-0.1, -0.05) is 18.6 Å². The van der Waals surface area contributed by atoms with Gasteiger partial charge in [-0.3, -0.25) is 19.6 Å². The number of aliphatic hydroxyl groups excluding tert-OH is 1. The highest BCUT2D eigenvalue weighted by molar-refractivity contribution is 6.09. The number of pyridine rings is 2. The van der Waals surface area contributed by atoms with Gasteiger partial charge in [0.1, 0.15) is 11.7 Å². The fraction of sp³-hybridized carbons (Fsp3) is 0.550. The van der Waals surface area contributed by atoms with Gasteiger partial charge in [-0.15, -0.1) is 0 Å². The molecule has 9 rings (SSSR count). The number of imidazole rings is 1. The fourth-order valence-corrected chi connectivity index (χ4v) is 9.88. The molecule has 4 aromatic rings. The molecule has 1 unspecified atom stereocenters. The number of nitrogens with one attached hydrogen (secondary N) is 1. The van der Waals surface area contributed by atoms with Crippen LogP contribution in [0.25, 0.3) is 22.3 Å². The normalized spacial score (nSPS) is 25.0. The number of aromatic nitrogens is 4. The maximum absolute atomic E-state index is 14.8. The van der Waals surface area contributed by atoms with E-state index in [2.05, 4.69) is 57.0 Å². The van der Waals surface area contributed by atoms with Crippen molar-refractivity contribution in [2.24, 2.45) is 5.41 Å². The summed E-state index contributed by atoms with van der Waals surface area (Å²) < 4.78 is 16.9. The number of carbonyl (C=O) groups excluding carboxylic acids is 1. The minimum absolute atomic E-state index is 0.122. The maximum atomic E-state index is 14.8. The number of carbonyl (C=O) groups is 1. The number of aliphatic hydroxyl groups is 1. The van der Waals surface area contributed by atoms with E-state index in [-0.39, 0.29) is 18.0 Å². The first kappa shape index (κ1) is 32.9. The van der Waals surface area contributed by atoms with Gasteiger partial charge in [0, 0.05) is 55.2 Å². The third kappa shape index (κ3) is 5.37. The molecule has 2 saturated carbocycles. The standard InChI is InChI=1S/C40H49FN8O2/c1-25(2)48-24-43-34-21-33(45-37(36(34)48)44-32-8-14-42-22-31(32)41)27-6-7-30-35(18-27)49(38(51)40(30)12-16-46(17-13-40)26(3)50)29-19-28(20-29)47-15-5-11-39(23-47)9-4-10-39/h6-8,14,18,21-22,24-26,28-29,50H,4-5,9-13,15-17,19-20,23H2,1-3H3,(H,42,44,45)/t26?,28-,29+. The molecule has 2 saturated heterocycles. The Morgan fingerprint density at radius 2 is 1.76 bits per heavy atom. The zero-order valence-corrected chi connectivity index (χ0v) is 30.0. The van der Waals surface area contributed by atoms with Crippen molar-refractivity contribution in [2.75, 3.05) is 36.4 Å². The van der Waals surface area contributed by atoms with Crippen molar-refractivity contribution in [3.8, 4) is 11.3 Å². The number of fused-ring (bicyclic) bond motifs is 3. The molecule has 0 radical (unpaired) electrons. The Morgan fingerprint density at radius 3 is 2.47 bits per heavy atom. The number of rotatable bonds is 7. The summed E-state index contributed by atoms with van der Waals surface area (Å²) in [6.07, 6.45) is 14.2. The quantitative estimate of drug-likeness (QED) is 0.219. The third-order valence-electron chi connectivity index (χ3n) is 13.1. The van der Waals surface area contributed by atoms with Crippen molar-refractivity contribution < 1.29 is 14.3 Å². The summed E-state index contributed by atoms with van der Waals surface area (Å²) in [5.41, 5.74) is 5.49. The van der Waals surface area contributed by atoms with Crippen LogP contribution < -0.4 is 10.2 Å². The summed E-state index contributed by atoms with van der Waals surface area (Å²) in [4.78, 5) is 35.5. The predicted molar refractivity (Wildman–Crippen MR) is 196 cm³/mol. The largest absolute Gasteiger partial charge is 0.379 e. The topological polar surface area (TPSA) is 103 Å². The van der Waals surface area contributed by atoms with Crippen molar-refractivity contribution in [3.05, 3.63) is 60.4 Å². The van der Waals surface area contributed by atoms with Crippen LogP contribution in [0.3, 0.4) is 0 Å². The minimum Gasteiger partial charge on any atom is -0.379 e. The SMILES string of the molecule is CC(O)N1CCC2(CC1)C(=O)N([C@H]1C[C@@H](N3CCCC4(CCC4)C3)C1)c1cc(-c3cc4ncn(C(C)C)c4c(Nc4ccncc4F)n3)ccc12. The highest BCUT2D eigenvalue weighted by Crippen LogP contribution is 2.53. The first-order chi connectivity index (χ1) is 24.6. The second-order valence-electron chi connectivity index (χ2n) is 16.3. The molecule has 3 aromatic heterocycles. The van der Waals surface area contributed by atoms with E-state index in [9.17, 15) is 14.3 Å². The molecule has 2 N–H and O–H groups in total. The van der Waals surface area contributed by atoms with Gasteiger partial charge in [-0.2, -0.15) is 0 Å². The smallest absolute Gasteiger partial charge is 0.238 e. The van der Waals surface area contributed by atoms with Gasteiger partial charge < -0.3 is 19.9 Å². The monoisotopic (exact) mass is 692 g/mol. The first-order valence-corrected chi connectivity index (χ1v) is 19.0. The molecule has 11 heteroatoms. The van der Waals surface area contributed by atoms with Crippen LogP contribution in [0.1, 0.15) is 90.2 Å². The van der Waals surface area contributed by atoms with Crippen molar-refractivity contribution in [2.45, 2.75) is 108 Å². The number of hydrogen-bond donors (Lipinski definition) is 2. The van der Waals surface area contributed by atoms with Gasteiger partial charge in [-0.05, 0) is 108 Å². The Bertz CT molecular complexity index is 1970. The van der Waals surface area contributed by atoms with E-state index in [0.29, 0.717) is 54.6 Å². The molecule has 1 aromatic carbocycles. The van der Waals surface area contributed by atoms with Gasteiger partial charge in [0.15, 0.2) is 11.6 Å². The van der Waals surface area contributed by atoms with Crippen LogP contribution in [0, 0.1) is 11.2 Å². The number of benzene rings is 1. The van der Waals surface area contributed by atoms with Gasteiger partial charge >= 0.3 is 0 Å². The van der Waals surface area contributed by atoms with Gasteiger partial charge in [0.2, 0.25) is 5.91 Å². The molecule has 51 heavy (non-hydrogen) atoms. The molecule has 268 valence electrons. The molecular weight excluding hydrogens is 643 g/mol. The van der Waals surface area contributed by atoms with E-state index in [0.717, 1.165) is 40.7 Å². The predicted octanol–water partition coefficient (Wildman–Crippen LogP) is 6.77. The maximum Gasteiger partial charge on any atom is 0.238 e. The second kappa shape index (κ2) is 12.3. The van der Waals surface area contributed by atoms with Gasteiger partial charge in [0.25, 0.3) is 0 Å². The van der Waals surface area contributed by atoms with Crippen LogP contribution in [0.4, 0.5) is 21.6 Å². The van der Waals surface area contributed by atoms with Crippen molar-refractivity contribution in [1.82, 2.24) is 29.3 Å². The number of amides is 1. The highest BCUT2D eigenvalue weighted by Gasteiger charge is 2.56. The number of halogens is 1. The summed E-state index contributed by atoms with van der Waals surface area (Å²) in [5.74, 6) is 0.271. The molecule has 0 bridgehead atoms. The lowest BCUT2D eigenvalue weighted by Gasteiger charge is -2.54. The fourth-order valence-electron chi connectivity index (χ4n) is 9.88. The Kier molecular flexibility index (Phi) is 7.97. The number of anilines is 3. The van der Waals surface area contributed by atoms with Crippen molar-refractivity contribution in [1.29, 1.82) is 0 Å². The molecule has 10 nitrogen and oxygen atoms in total. The molecule has 4 fully saturated rings. The van der Waals surface area contributed by atoms with Crippen LogP contribution in [0.15, 0.2) is 49.1 Å². The van der Waals surface area contributed by atoms with E-state index in [1.807, 2.05) is 23.9 Å². The number of likely N-dealkylation sites (tertiary alicyclic amines) is 2. The van der Waals surface area contributed by atoms with Crippen molar-refractivity contribution >= 4 is 34.1 Å².